The van der Waals surface area contributed by atoms with Crippen LogP contribution in [0.5, 0.6) is 0 Å². The number of nitrogens with two attached hydrogens (primary N) is 1. The van der Waals surface area contributed by atoms with E-state index in [1.54, 1.807) is 6.07 Å². The highest BCUT2D eigenvalue weighted by molar-refractivity contribution is 6.09. The van der Waals surface area contributed by atoms with E-state index in [0.29, 0.717) is 37.4 Å². The first kappa shape index (κ1) is 22.4. The van der Waals surface area contributed by atoms with E-state index in [2.05, 4.69) is 27.1 Å². The molecule has 1 spiro atoms. The molecule has 178 valence electrons. The maximum atomic E-state index is 13.6. The number of piperidine rings is 1. The van der Waals surface area contributed by atoms with E-state index in [1.165, 1.54) is 12.5 Å². The van der Waals surface area contributed by atoms with Crippen LogP contribution in [0.15, 0.2) is 53.9 Å². The second-order valence-electron chi connectivity index (χ2n) is 8.71. The average molecular weight is 469 g/mol. The third-order valence-corrected chi connectivity index (χ3v) is 6.85. The van der Waals surface area contributed by atoms with Gasteiger partial charge in [-0.05, 0) is 18.4 Å². The summed E-state index contributed by atoms with van der Waals surface area (Å²) in [5.74, 6) is 0.709. The van der Waals surface area contributed by atoms with E-state index < -0.39 is 12.2 Å². The molecule has 3 fully saturated rings. The van der Waals surface area contributed by atoms with Gasteiger partial charge in [0.1, 0.15) is 18.4 Å². The lowest BCUT2D eigenvalue weighted by molar-refractivity contribution is -0.140. The SMILES string of the molecule is N/C=C(\C=N\C(F)F)c1cc(N2CCC3(CC2)O[C@@H]2CC[C@@H](c4ccccc4)N2C3=O)ncn1. The Labute approximate surface area is 196 Å². The van der Waals surface area contributed by atoms with E-state index in [0.717, 1.165) is 24.6 Å². The van der Waals surface area contributed by atoms with Gasteiger partial charge >= 0.3 is 6.55 Å². The third-order valence-electron chi connectivity index (χ3n) is 6.85. The molecule has 0 unspecified atom stereocenters. The lowest BCUT2D eigenvalue weighted by Gasteiger charge is -2.38. The van der Waals surface area contributed by atoms with Crippen molar-refractivity contribution in [1.29, 1.82) is 0 Å². The number of allylic oxidation sites excluding steroid dienone is 1. The zero-order chi connectivity index (χ0) is 23.7. The van der Waals surface area contributed by atoms with Gasteiger partial charge in [-0.2, -0.15) is 8.78 Å². The van der Waals surface area contributed by atoms with Crippen molar-refractivity contribution in [2.45, 2.75) is 50.1 Å². The number of carbonyl (C=O) groups is 1. The number of hydrogen-bond acceptors (Lipinski definition) is 7. The summed E-state index contributed by atoms with van der Waals surface area (Å²) in [7, 11) is 0. The molecule has 1 amide bonds. The van der Waals surface area contributed by atoms with Gasteiger partial charge in [0.05, 0.1) is 11.7 Å². The van der Waals surface area contributed by atoms with Crippen LogP contribution in [0.25, 0.3) is 5.57 Å². The Morgan fingerprint density at radius 2 is 1.97 bits per heavy atom. The van der Waals surface area contributed by atoms with Crippen LogP contribution in [0.3, 0.4) is 0 Å². The number of carbonyl (C=O) groups excluding carboxylic acids is 1. The Bertz CT molecular complexity index is 1100. The number of nitrogens with zero attached hydrogens (tertiary/aromatic N) is 5. The van der Waals surface area contributed by atoms with Crippen molar-refractivity contribution < 1.29 is 18.3 Å². The van der Waals surface area contributed by atoms with Crippen LogP contribution in [-0.2, 0) is 9.53 Å². The summed E-state index contributed by atoms with van der Waals surface area (Å²) < 4.78 is 31.3. The number of halogens is 2. The monoisotopic (exact) mass is 468 g/mol. The van der Waals surface area contributed by atoms with Crippen molar-refractivity contribution in [3.8, 4) is 0 Å². The molecule has 34 heavy (non-hydrogen) atoms. The van der Waals surface area contributed by atoms with Gasteiger partial charge in [-0.3, -0.25) is 4.79 Å². The molecular weight excluding hydrogens is 442 g/mol. The highest BCUT2D eigenvalue weighted by Crippen LogP contribution is 2.47. The smallest absolute Gasteiger partial charge is 0.331 e. The molecule has 10 heteroatoms. The fourth-order valence-corrected chi connectivity index (χ4v) is 5.15. The summed E-state index contributed by atoms with van der Waals surface area (Å²) in [5.41, 5.74) is 6.59. The molecule has 8 nitrogen and oxygen atoms in total. The van der Waals surface area contributed by atoms with Gasteiger partial charge in [-0.15, -0.1) is 0 Å². The molecule has 0 bridgehead atoms. The van der Waals surface area contributed by atoms with Crippen LogP contribution in [-0.4, -0.2) is 58.5 Å². The van der Waals surface area contributed by atoms with Gasteiger partial charge in [-0.1, -0.05) is 30.3 Å². The predicted molar refractivity (Wildman–Crippen MR) is 123 cm³/mol. The Hall–Kier alpha value is -3.40. The van der Waals surface area contributed by atoms with Gasteiger partial charge < -0.3 is 20.3 Å². The van der Waals surface area contributed by atoms with Crippen molar-refractivity contribution >= 4 is 23.5 Å². The first-order valence-electron chi connectivity index (χ1n) is 11.4. The maximum Gasteiger partial charge on any atom is 0.331 e. The highest BCUT2D eigenvalue weighted by Gasteiger charge is 2.57. The highest BCUT2D eigenvalue weighted by atomic mass is 19.3. The molecule has 2 N–H and O–H groups in total. The molecule has 3 aliphatic rings. The van der Waals surface area contributed by atoms with Crippen LogP contribution in [0.4, 0.5) is 14.6 Å². The normalized spacial score (nSPS) is 24.6. The second kappa shape index (κ2) is 9.09. The molecule has 1 aromatic heterocycles. The molecule has 2 aromatic rings. The van der Waals surface area contributed by atoms with Crippen LogP contribution in [0.2, 0.25) is 0 Å². The van der Waals surface area contributed by atoms with Crippen LogP contribution >= 0.6 is 0 Å². The van der Waals surface area contributed by atoms with Crippen LogP contribution in [0.1, 0.15) is 43.0 Å². The molecule has 0 radical (unpaired) electrons. The standard InChI is InChI=1S/C24H26F2N6O2/c25-23(26)28-14-17(13-27)18-12-20(30-15-29-18)31-10-8-24(9-11-31)22(33)32-19(6-7-21(32)34-24)16-4-2-1-3-5-16/h1-5,12-15,19,21,23H,6-11,27H2/b17-13+,28-14+/t19-,21+/m0/s1. The molecule has 3 saturated heterocycles. The number of alkyl halides is 2. The fraction of sp³-hybridized carbons (Fsp3) is 0.417. The zero-order valence-electron chi connectivity index (χ0n) is 18.6. The first-order valence-corrected chi connectivity index (χ1v) is 11.4. The van der Waals surface area contributed by atoms with Crippen molar-refractivity contribution in [2.75, 3.05) is 18.0 Å². The summed E-state index contributed by atoms with van der Waals surface area (Å²) in [6.07, 6.45) is 6.21. The van der Waals surface area contributed by atoms with Gasteiger partial charge in [0.25, 0.3) is 5.91 Å². The summed E-state index contributed by atoms with van der Waals surface area (Å²) in [5, 5.41) is 0. The lowest BCUT2D eigenvalue weighted by Crippen LogP contribution is -2.50. The van der Waals surface area contributed by atoms with Gasteiger partial charge in [0, 0.05) is 50.0 Å². The van der Waals surface area contributed by atoms with Gasteiger partial charge in [-0.25, -0.2) is 15.0 Å². The number of amides is 1. The van der Waals surface area contributed by atoms with Crippen LogP contribution in [0, 0.1) is 0 Å². The third kappa shape index (κ3) is 4.02. The minimum atomic E-state index is -2.82. The molecule has 2 atom stereocenters. The fourth-order valence-electron chi connectivity index (χ4n) is 5.15. The Morgan fingerprint density at radius 1 is 1.21 bits per heavy atom. The van der Waals surface area contributed by atoms with Crippen molar-refractivity contribution in [2.24, 2.45) is 10.7 Å². The van der Waals surface area contributed by atoms with Crippen molar-refractivity contribution in [1.82, 2.24) is 14.9 Å². The van der Waals surface area contributed by atoms with E-state index in [-0.39, 0.29) is 23.8 Å². The molecule has 4 heterocycles. The lowest BCUT2D eigenvalue weighted by atomic mass is 9.89. The van der Waals surface area contributed by atoms with Crippen molar-refractivity contribution in [3.05, 3.63) is 60.2 Å². The molecule has 0 aliphatic carbocycles. The summed E-state index contributed by atoms with van der Waals surface area (Å²) >= 11 is 0. The van der Waals surface area contributed by atoms with E-state index in [4.69, 9.17) is 10.5 Å². The minimum absolute atomic E-state index is 0.0527. The number of fused-ring (bicyclic) bond motifs is 1. The van der Waals surface area contributed by atoms with E-state index >= 15 is 0 Å². The van der Waals surface area contributed by atoms with Gasteiger partial charge in [0.2, 0.25) is 0 Å². The second-order valence-corrected chi connectivity index (χ2v) is 8.71. The molecule has 3 aliphatic heterocycles. The summed E-state index contributed by atoms with van der Waals surface area (Å²) in [6.45, 7) is -1.67. The van der Waals surface area contributed by atoms with Crippen LogP contribution < -0.4 is 10.6 Å². The zero-order valence-corrected chi connectivity index (χ0v) is 18.6. The van der Waals surface area contributed by atoms with E-state index in [9.17, 15) is 13.6 Å². The van der Waals surface area contributed by atoms with Gasteiger partial charge in [0.15, 0.2) is 5.60 Å². The summed E-state index contributed by atoms with van der Waals surface area (Å²) in [4.78, 5) is 29.1. The number of ether oxygens (including phenoxy) is 1. The molecule has 0 saturated carbocycles. The Balaban J connectivity index is 1.29. The number of aliphatic imine (C=N–C) groups is 1. The maximum absolute atomic E-state index is 13.6. The molecule has 1 aromatic carbocycles. The minimum Gasteiger partial charge on any atom is -0.404 e. The topological polar surface area (TPSA) is 96.9 Å². The predicted octanol–water partition coefficient (Wildman–Crippen LogP) is 3.13. The van der Waals surface area contributed by atoms with Crippen molar-refractivity contribution in [3.63, 3.8) is 0 Å². The number of benzene rings is 1. The molecule has 5 rings (SSSR count). The molecular formula is C24H26F2N6O2. The first-order chi connectivity index (χ1) is 16.5. The quantitative estimate of drug-likeness (QED) is 0.535. The van der Waals surface area contributed by atoms with E-state index in [1.807, 2.05) is 28.0 Å². The number of anilines is 1. The summed E-state index contributed by atoms with van der Waals surface area (Å²) in [6, 6.07) is 11.9. The largest absolute Gasteiger partial charge is 0.404 e. The average Bonchev–Trinajstić information content (AvgIpc) is 3.38. The number of hydrogen-bond donors (Lipinski definition) is 1. The Morgan fingerprint density at radius 3 is 2.68 bits per heavy atom. The Kier molecular flexibility index (Phi) is 5.99. The number of aromatic nitrogens is 2. The number of rotatable bonds is 5.